The van der Waals surface area contributed by atoms with Crippen molar-refractivity contribution in [1.82, 2.24) is 10.2 Å². The van der Waals surface area contributed by atoms with Crippen molar-refractivity contribution < 1.29 is 4.79 Å². The Morgan fingerprint density at radius 2 is 2.18 bits per heavy atom. The zero-order valence-corrected chi connectivity index (χ0v) is 7.42. The molecule has 1 heterocycles. The van der Waals surface area contributed by atoms with Crippen molar-refractivity contribution >= 4 is 5.91 Å². The summed E-state index contributed by atoms with van der Waals surface area (Å²) >= 11 is 0. The highest BCUT2D eigenvalue weighted by atomic mass is 16.1. The largest absolute Gasteiger partial charge is 0.352 e. The summed E-state index contributed by atoms with van der Waals surface area (Å²) < 4.78 is 0. The van der Waals surface area contributed by atoms with Gasteiger partial charge in [0.15, 0.2) is 0 Å². The number of hydrogen-bond donors (Lipinski definition) is 1. The predicted molar refractivity (Wildman–Crippen MR) is 44.3 cm³/mol. The molecule has 1 N–H and O–H groups in total. The van der Waals surface area contributed by atoms with Crippen LogP contribution in [0.2, 0.25) is 0 Å². The molecule has 1 amide bonds. The van der Waals surface area contributed by atoms with E-state index in [1.165, 1.54) is 0 Å². The molecule has 3 heteroatoms. The monoisotopic (exact) mass is 156 g/mol. The van der Waals surface area contributed by atoms with E-state index in [0.29, 0.717) is 12.0 Å². The minimum absolute atomic E-state index is 0.0807. The fourth-order valence-corrected chi connectivity index (χ4v) is 1.66. The average molecular weight is 156 g/mol. The van der Waals surface area contributed by atoms with Gasteiger partial charge in [-0.15, -0.1) is 0 Å². The standard InChI is InChI=1S/C8H16N2O/c1-6-4-10(3)5-8(6)9-7(2)11/h6,8H,4-5H2,1-3H3,(H,9,11)/t6-,8+/m1/s1. The third-order valence-corrected chi connectivity index (χ3v) is 2.18. The van der Waals surface area contributed by atoms with Gasteiger partial charge in [-0.25, -0.2) is 0 Å². The van der Waals surface area contributed by atoms with Crippen LogP contribution in [0.25, 0.3) is 0 Å². The van der Waals surface area contributed by atoms with Crippen LogP contribution < -0.4 is 5.32 Å². The number of carbonyl (C=O) groups excluding carboxylic acids is 1. The van der Waals surface area contributed by atoms with Gasteiger partial charge in [0.25, 0.3) is 0 Å². The number of likely N-dealkylation sites (N-methyl/N-ethyl adjacent to an activating group) is 1. The zero-order valence-electron chi connectivity index (χ0n) is 7.42. The highest BCUT2D eigenvalue weighted by Crippen LogP contribution is 2.13. The Morgan fingerprint density at radius 3 is 2.55 bits per heavy atom. The minimum Gasteiger partial charge on any atom is -0.352 e. The number of amides is 1. The van der Waals surface area contributed by atoms with Crippen molar-refractivity contribution in [2.45, 2.75) is 19.9 Å². The van der Waals surface area contributed by atoms with E-state index in [-0.39, 0.29) is 5.91 Å². The van der Waals surface area contributed by atoms with Gasteiger partial charge < -0.3 is 10.2 Å². The van der Waals surface area contributed by atoms with Gasteiger partial charge in [0, 0.05) is 26.1 Å². The Morgan fingerprint density at radius 1 is 1.55 bits per heavy atom. The van der Waals surface area contributed by atoms with Gasteiger partial charge in [0.1, 0.15) is 0 Å². The zero-order chi connectivity index (χ0) is 8.43. The van der Waals surface area contributed by atoms with Gasteiger partial charge in [-0.05, 0) is 13.0 Å². The third kappa shape index (κ3) is 2.19. The molecule has 0 aromatic heterocycles. The average Bonchev–Trinajstić information content (AvgIpc) is 2.09. The first kappa shape index (κ1) is 8.53. The lowest BCUT2D eigenvalue weighted by molar-refractivity contribution is -0.119. The summed E-state index contributed by atoms with van der Waals surface area (Å²) in [5, 5.41) is 2.94. The van der Waals surface area contributed by atoms with E-state index in [9.17, 15) is 4.79 Å². The van der Waals surface area contributed by atoms with Crippen molar-refractivity contribution in [2.24, 2.45) is 5.92 Å². The molecule has 3 nitrogen and oxygen atoms in total. The second-order valence-electron chi connectivity index (χ2n) is 3.51. The molecular weight excluding hydrogens is 140 g/mol. The topological polar surface area (TPSA) is 32.3 Å². The van der Waals surface area contributed by atoms with E-state index in [1.807, 2.05) is 0 Å². The molecule has 0 aromatic rings. The fourth-order valence-electron chi connectivity index (χ4n) is 1.66. The summed E-state index contributed by atoms with van der Waals surface area (Å²) in [5.74, 6) is 0.668. The van der Waals surface area contributed by atoms with Crippen LogP contribution in [-0.4, -0.2) is 37.0 Å². The van der Waals surface area contributed by atoms with Gasteiger partial charge in [-0.2, -0.15) is 0 Å². The highest BCUT2D eigenvalue weighted by Gasteiger charge is 2.27. The smallest absolute Gasteiger partial charge is 0.217 e. The summed E-state index contributed by atoms with van der Waals surface area (Å²) in [4.78, 5) is 13.0. The summed E-state index contributed by atoms with van der Waals surface area (Å²) in [7, 11) is 2.08. The first-order valence-corrected chi connectivity index (χ1v) is 4.05. The molecule has 1 saturated heterocycles. The Labute approximate surface area is 67.8 Å². The van der Waals surface area contributed by atoms with E-state index in [0.717, 1.165) is 13.1 Å². The highest BCUT2D eigenvalue weighted by molar-refractivity contribution is 5.73. The molecule has 2 atom stereocenters. The van der Waals surface area contributed by atoms with Gasteiger partial charge in [-0.3, -0.25) is 4.79 Å². The van der Waals surface area contributed by atoms with E-state index in [2.05, 4.69) is 24.2 Å². The molecule has 1 fully saturated rings. The third-order valence-electron chi connectivity index (χ3n) is 2.18. The number of carbonyl (C=O) groups is 1. The molecule has 0 spiro atoms. The summed E-state index contributed by atoms with van der Waals surface area (Å²) in [6.07, 6.45) is 0. The maximum Gasteiger partial charge on any atom is 0.217 e. The first-order chi connectivity index (χ1) is 5.09. The van der Waals surface area contributed by atoms with E-state index >= 15 is 0 Å². The molecule has 0 aromatic carbocycles. The van der Waals surface area contributed by atoms with Crippen molar-refractivity contribution in [1.29, 1.82) is 0 Å². The Hall–Kier alpha value is -0.570. The van der Waals surface area contributed by atoms with Crippen LogP contribution in [-0.2, 0) is 4.79 Å². The van der Waals surface area contributed by atoms with Crippen LogP contribution in [0.5, 0.6) is 0 Å². The number of nitrogens with zero attached hydrogens (tertiary/aromatic N) is 1. The molecular formula is C8H16N2O. The Balaban J connectivity index is 2.40. The second kappa shape index (κ2) is 3.22. The summed E-state index contributed by atoms with van der Waals surface area (Å²) in [5.41, 5.74) is 0. The molecule has 11 heavy (non-hydrogen) atoms. The first-order valence-electron chi connectivity index (χ1n) is 4.05. The van der Waals surface area contributed by atoms with E-state index in [4.69, 9.17) is 0 Å². The van der Waals surface area contributed by atoms with Crippen molar-refractivity contribution in [3.8, 4) is 0 Å². The van der Waals surface area contributed by atoms with Gasteiger partial charge in [0.05, 0.1) is 0 Å². The number of likely N-dealkylation sites (tertiary alicyclic amines) is 1. The molecule has 1 aliphatic rings. The SMILES string of the molecule is CC(=O)N[C@H]1CN(C)C[C@H]1C. The van der Waals surface area contributed by atoms with Crippen LogP contribution in [0.15, 0.2) is 0 Å². The predicted octanol–water partition coefficient (Wildman–Crippen LogP) is 0.0726. The number of hydrogen-bond acceptors (Lipinski definition) is 2. The second-order valence-corrected chi connectivity index (χ2v) is 3.51. The van der Waals surface area contributed by atoms with Crippen LogP contribution >= 0.6 is 0 Å². The van der Waals surface area contributed by atoms with Crippen molar-refractivity contribution in [3.05, 3.63) is 0 Å². The Bertz CT molecular complexity index is 158. The van der Waals surface area contributed by atoms with Crippen LogP contribution in [0, 0.1) is 5.92 Å². The minimum atomic E-state index is 0.0807. The van der Waals surface area contributed by atoms with Crippen molar-refractivity contribution in [2.75, 3.05) is 20.1 Å². The van der Waals surface area contributed by atoms with Gasteiger partial charge >= 0.3 is 0 Å². The van der Waals surface area contributed by atoms with Gasteiger partial charge in [-0.1, -0.05) is 6.92 Å². The molecule has 0 aliphatic carbocycles. The maximum atomic E-state index is 10.7. The van der Waals surface area contributed by atoms with Crippen LogP contribution in [0.4, 0.5) is 0 Å². The number of nitrogens with one attached hydrogen (secondary N) is 1. The molecule has 0 saturated carbocycles. The lowest BCUT2D eigenvalue weighted by atomic mass is 10.1. The summed E-state index contributed by atoms with van der Waals surface area (Å²) in [6, 6.07) is 0.359. The maximum absolute atomic E-state index is 10.7. The molecule has 0 unspecified atom stereocenters. The molecule has 1 aliphatic heterocycles. The fraction of sp³-hybridized carbons (Fsp3) is 0.875. The molecule has 0 radical (unpaired) electrons. The van der Waals surface area contributed by atoms with E-state index < -0.39 is 0 Å². The molecule has 1 rings (SSSR count). The van der Waals surface area contributed by atoms with Crippen LogP contribution in [0.1, 0.15) is 13.8 Å². The van der Waals surface area contributed by atoms with Crippen molar-refractivity contribution in [3.63, 3.8) is 0 Å². The summed E-state index contributed by atoms with van der Waals surface area (Å²) in [6.45, 7) is 5.82. The van der Waals surface area contributed by atoms with E-state index in [1.54, 1.807) is 6.92 Å². The van der Waals surface area contributed by atoms with Gasteiger partial charge in [0.2, 0.25) is 5.91 Å². The lowest BCUT2D eigenvalue weighted by Gasteiger charge is -2.14. The lowest BCUT2D eigenvalue weighted by Crippen LogP contribution is -2.38. The van der Waals surface area contributed by atoms with Crippen LogP contribution in [0.3, 0.4) is 0 Å². The quantitative estimate of drug-likeness (QED) is 0.583. The molecule has 64 valence electrons. The normalized spacial score (nSPS) is 32.3. The Kier molecular flexibility index (Phi) is 2.49. The number of rotatable bonds is 1. The molecule has 0 bridgehead atoms.